The van der Waals surface area contributed by atoms with Crippen molar-refractivity contribution in [2.45, 2.75) is 25.3 Å². The molecule has 1 heterocycles. The molecule has 0 aliphatic carbocycles. The van der Waals surface area contributed by atoms with E-state index in [1.807, 2.05) is 0 Å². The van der Waals surface area contributed by atoms with Crippen LogP contribution in [0.4, 0.5) is 26.3 Å². The van der Waals surface area contributed by atoms with Gasteiger partial charge in [0.05, 0.1) is 17.7 Å². The average Bonchev–Trinajstić information content (AvgIpc) is 2.73. The lowest BCUT2D eigenvalue weighted by atomic mass is 10.0. The van der Waals surface area contributed by atoms with Crippen LogP contribution in [-0.4, -0.2) is 18.4 Å². The van der Waals surface area contributed by atoms with E-state index in [2.05, 4.69) is 10.3 Å². The van der Waals surface area contributed by atoms with Gasteiger partial charge in [0.2, 0.25) is 0 Å². The fourth-order valence-electron chi connectivity index (χ4n) is 1.82. The highest BCUT2D eigenvalue weighted by Gasteiger charge is 2.37. The molecule has 0 aromatic heterocycles. The van der Waals surface area contributed by atoms with E-state index < -0.39 is 23.5 Å². The number of benzene rings is 1. The van der Waals surface area contributed by atoms with Crippen molar-refractivity contribution in [2.24, 2.45) is 4.99 Å². The van der Waals surface area contributed by atoms with Crippen LogP contribution in [0, 0.1) is 0 Å². The average molecular weight is 296 g/mol. The molecule has 1 aliphatic rings. The Morgan fingerprint density at radius 3 is 1.85 bits per heavy atom. The smallest absolute Gasteiger partial charge is 0.366 e. The molecular weight excluding hydrogens is 286 g/mol. The molecule has 0 bridgehead atoms. The fourth-order valence-corrected chi connectivity index (χ4v) is 1.82. The van der Waals surface area contributed by atoms with Crippen LogP contribution in [0.3, 0.4) is 0 Å². The van der Waals surface area contributed by atoms with Crippen LogP contribution in [0.25, 0.3) is 0 Å². The molecule has 0 saturated heterocycles. The molecule has 1 atom stereocenters. The minimum atomic E-state index is -4.85. The third-order valence-corrected chi connectivity index (χ3v) is 2.77. The second kappa shape index (κ2) is 4.68. The SMILES string of the molecule is CC1CN=C(c2cc(C(F)(F)F)cc(C(F)(F)F)c2)N1. The van der Waals surface area contributed by atoms with E-state index in [1.54, 1.807) is 6.92 Å². The molecule has 2 nitrogen and oxygen atoms in total. The van der Waals surface area contributed by atoms with Crippen molar-refractivity contribution in [1.82, 2.24) is 5.32 Å². The minimum absolute atomic E-state index is 0.0501. The van der Waals surface area contributed by atoms with Gasteiger partial charge < -0.3 is 5.32 Å². The summed E-state index contributed by atoms with van der Waals surface area (Å²) < 4.78 is 76.0. The molecule has 110 valence electrons. The van der Waals surface area contributed by atoms with Gasteiger partial charge in [-0.25, -0.2) is 0 Å². The number of rotatable bonds is 1. The van der Waals surface area contributed by atoms with E-state index in [1.165, 1.54) is 0 Å². The standard InChI is InChI=1S/C12H10F6N2/c1-6-5-19-10(20-6)7-2-8(11(13,14)15)4-9(3-7)12(16,17)18/h2-4,6H,5H2,1H3,(H,19,20). The van der Waals surface area contributed by atoms with Crippen molar-refractivity contribution in [1.29, 1.82) is 0 Å². The van der Waals surface area contributed by atoms with Gasteiger partial charge in [0.15, 0.2) is 0 Å². The largest absolute Gasteiger partial charge is 0.416 e. The number of hydrogen-bond donors (Lipinski definition) is 1. The third-order valence-electron chi connectivity index (χ3n) is 2.77. The van der Waals surface area contributed by atoms with E-state index in [0.29, 0.717) is 18.7 Å². The van der Waals surface area contributed by atoms with Crippen LogP contribution in [0.1, 0.15) is 23.6 Å². The molecule has 0 spiro atoms. The van der Waals surface area contributed by atoms with Crippen molar-refractivity contribution in [2.75, 3.05) is 6.54 Å². The molecule has 1 aromatic rings. The third kappa shape index (κ3) is 3.05. The lowest BCUT2D eigenvalue weighted by Gasteiger charge is -2.14. The molecule has 1 aromatic carbocycles. The number of nitrogens with one attached hydrogen (secondary N) is 1. The van der Waals surface area contributed by atoms with Gasteiger partial charge in [-0.05, 0) is 25.1 Å². The van der Waals surface area contributed by atoms with Crippen LogP contribution >= 0.6 is 0 Å². The molecule has 0 saturated carbocycles. The highest BCUT2D eigenvalue weighted by atomic mass is 19.4. The van der Waals surface area contributed by atoms with Crippen molar-refractivity contribution in [3.8, 4) is 0 Å². The van der Waals surface area contributed by atoms with Gasteiger partial charge in [0.25, 0.3) is 0 Å². The molecular formula is C12H10F6N2. The topological polar surface area (TPSA) is 24.4 Å². The van der Waals surface area contributed by atoms with Gasteiger partial charge in [-0.1, -0.05) is 0 Å². The van der Waals surface area contributed by atoms with Crippen LogP contribution in [0.5, 0.6) is 0 Å². The van der Waals surface area contributed by atoms with Crippen molar-refractivity contribution >= 4 is 5.84 Å². The number of amidine groups is 1. The first-order valence-electron chi connectivity index (χ1n) is 5.68. The Morgan fingerprint density at radius 1 is 1.00 bits per heavy atom. The summed E-state index contributed by atoms with van der Waals surface area (Å²) in [5.74, 6) is 0.0501. The minimum Gasteiger partial charge on any atom is -0.366 e. The lowest BCUT2D eigenvalue weighted by molar-refractivity contribution is -0.143. The number of aliphatic imine (C=N–C) groups is 1. The van der Waals surface area contributed by atoms with Crippen molar-refractivity contribution < 1.29 is 26.3 Å². The summed E-state index contributed by atoms with van der Waals surface area (Å²) in [6.45, 7) is 2.04. The van der Waals surface area contributed by atoms with E-state index in [0.717, 1.165) is 0 Å². The van der Waals surface area contributed by atoms with Crippen LogP contribution in [0.2, 0.25) is 0 Å². The maximum atomic E-state index is 12.7. The number of halogens is 6. The Balaban J connectivity index is 2.52. The quantitative estimate of drug-likeness (QED) is 0.789. The van der Waals surface area contributed by atoms with E-state index >= 15 is 0 Å². The summed E-state index contributed by atoms with van der Waals surface area (Å²) in [5, 5.41) is 2.74. The summed E-state index contributed by atoms with van der Waals surface area (Å²) >= 11 is 0. The molecule has 20 heavy (non-hydrogen) atoms. The first kappa shape index (κ1) is 14.7. The van der Waals surface area contributed by atoms with Gasteiger partial charge >= 0.3 is 12.4 Å². The number of alkyl halides is 6. The highest BCUT2D eigenvalue weighted by Crippen LogP contribution is 2.36. The highest BCUT2D eigenvalue weighted by molar-refractivity contribution is 6.00. The molecule has 1 unspecified atom stereocenters. The van der Waals surface area contributed by atoms with Crippen LogP contribution in [-0.2, 0) is 12.4 Å². The maximum absolute atomic E-state index is 12.7. The Morgan fingerprint density at radius 2 is 1.50 bits per heavy atom. The van der Waals surface area contributed by atoms with E-state index in [9.17, 15) is 26.3 Å². The van der Waals surface area contributed by atoms with Gasteiger partial charge in [0.1, 0.15) is 5.84 Å². The summed E-state index contributed by atoms with van der Waals surface area (Å²) in [6, 6.07) is 1.31. The summed E-state index contributed by atoms with van der Waals surface area (Å²) in [4.78, 5) is 3.90. The van der Waals surface area contributed by atoms with Crippen molar-refractivity contribution in [3.05, 3.63) is 34.9 Å². The van der Waals surface area contributed by atoms with Gasteiger partial charge in [0, 0.05) is 11.6 Å². The van der Waals surface area contributed by atoms with Gasteiger partial charge in [-0.15, -0.1) is 0 Å². The van der Waals surface area contributed by atoms with Crippen molar-refractivity contribution in [3.63, 3.8) is 0 Å². The molecule has 8 heteroatoms. The first-order valence-corrected chi connectivity index (χ1v) is 5.68. The summed E-state index contributed by atoms with van der Waals surface area (Å²) in [7, 11) is 0. The second-order valence-corrected chi connectivity index (χ2v) is 4.53. The lowest BCUT2D eigenvalue weighted by Crippen LogP contribution is -2.28. The number of hydrogen-bond acceptors (Lipinski definition) is 2. The molecule has 0 radical (unpaired) electrons. The van der Waals surface area contributed by atoms with Gasteiger partial charge in [-0.2, -0.15) is 26.3 Å². The second-order valence-electron chi connectivity index (χ2n) is 4.53. The van der Waals surface area contributed by atoms with Crippen LogP contribution < -0.4 is 5.32 Å². The number of nitrogens with zero attached hydrogens (tertiary/aromatic N) is 1. The maximum Gasteiger partial charge on any atom is 0.416 e. The van der Waals surface area contributed by atoms with Gasteiger partial charge in [-0.3, -0.25) is 4.99 Å². The Bertz CT molecular complexity index is 512. The zero-order chi connectivity index (χ0) is 15.1. The molecule has 2 rings (SSSR count). The molecule has 0 fully saturated rings. The summed E-state index contributed by atoms with van der Waals surface area (Å²) in [6.07, 6.45) is -9.69. The van der Waals surface area contributed by atoms with E-state index in [4.69, 9.17) is 0 Å². The Kier molecular flexibility index (Phi) is 3.43. The molecule has 0 amide bonds. The zero-order valence-corrected chi connectivity index (χ0v) is 10.2. The monoisotopic (exact) mass is 296 g/mol. The van der Waals surface area contributed by atoms with Crippen LogP contribution in [0.15, 0.2) is 23.2 Å². The van der Waals surface area contributed by atoms with E-state index in [-0.39, 0.29) is 23.5 Å². The Labute approximate surface area is 110 Å². The predicted molar refractivity (Wildman–Crippen MR) is 60.4 cm³/mol. The normalized spacial score (nSPS) is 19.8. The first-order chi connectivity index (χ1) is 9.07. The zero-order valence-electron chi connectivity index (χ0n) is 10.2. The molecule has 1 aliphatic heterocycles. The Hall–Kier alpha value is -1.73. The summed E-state index contributed by atoms with van der Waals surface area (Å²) in [5.41, 5.74) is -2.89. The molecule has 1 N–H and O–H groups in total. The fraction of sp³-hybridized carbons (Fsp3) is 0.417. The predicted octanol–water partition coefficient (Wildman–Crippen LogP) is 3.46.